The van der Waals surface area contributed by atoms with Crippen molar-refractivity contribution in [1.82, 2.24) is 0 Å². The summed E-state index contributed by atoms with van der Waals surface area (Å²) < 4.78 is 6.09. The summed E-state index contributed by atoms with van der Waals surface area (Å²) in [5.41, 5.74) is 1.84. The highest BCUT2D eigenvalue weighted by atomic mass is 79.9. The fourth-order valence-corrected chi connectivity index (χ4v) is 2.59. The fourth-order valence-electron chi connectivity index (χ4n) is 1.88. The molecule has 0 saturated carbocycles. The van der Waals surface area contributed by atoms with Gasteiger partial charge < -0.3 is 9.84 Å². The lowest BCUT2D eigenvalue weighted by molar-refractivity contribution is 0.178. The molecule has 2 aromatic carbocycles. The van der Waals surface area contributed by atoms with Crippen molar-refractivity contribution in [2.45, 2.75) is 12.5 Å². The first-order chi connectivity index (χ1) is 9.11. The normalized spacial score (nSPS) is 12.2. The van der Waals surface area contributed by atoms with Crippen molar-refractivity contribution in [3.8, 4) is 5.75 Å². The zero-order chi connectivity index (χ0) is 13.8. The molecule has 1 unspecified atom stereocenters. The van der Waals surface area contributed by atoms with Crippen molar-refractivity contribution < 1.29 is 9.84 Å². The highest BCUT2D eigenvalue weighted by Gasteiger charge is 2.12. The number of rotatable bonds is 4. The van der Waals surface area contributed by atoms with E-state index in [4.69, 9.17) is 16.3 Å². The van der Waals surface area contributed by atoms with E-state index in [1.54, 1.807) is 19.2 Å². The largest absolute Gasteiger partial charge is 0.495 e. The minimum Gasteiger partial charge on any atom is -0.495 e. The topological polar surface area (TPSA) is 29.5 Å². The van der Waals surface area contributed by atoms with Gasteiger partial charge >= 0.3 is 0 Å². The Morgan fingerprint density at radius 2 is 2.00 bits per heavy atom. The quantitative estimate of drug-likeness (QED) is 0.894. The van der Waals surface area contributed by atoms with Crippen LogP contribution in [0.5, 0.6) is 5.75 Å². The average Bonchev–Trinajstić information content (AvgIpc) is 2.41. The molecule has 2 nitrogen and oxygen atoms in total. The van der Waals surface area contributed by atoms with E-state index in [0.29, 0.717) is 17.2 Å². The maximum Gasteiger partial charge on any atom is 0.137 e. The number of hydrogen-bond donors (Lipinski definition) is 1. The second-order valence-corrected chi connectivity index (χ2v) is 5.47. The van der Waals surface area contributed by atoms with Gasteiger partial charge in [-0.25, -0.2) is 0 Å². The van der Waals surface area contributed by atoms with Crippen LogP contribution in [0.4, 0.5) is 0 Å². The maximum absolute atomic E-state index is 10.3. The number of ether oxygens (including phenoxy) is 1. The summed E-state index contributed by atoms with van der Waals surface area (Å²) in [4.78, 5) is 0. The third-order valence-corrected chi connectivity index (χ3v) is 4.00. The summed E-state index contributed by atoms with van der Waals surface area (Å²) in [5, 5.41) is 10.8. The number of methoxy groups -OCH3 is 1. The average molecular weight is 342 g/mol. The standard InChI is InChI=1S/C15H14BrClO2/c1-19-15-7-6-11(8-13(15)17)14(18)9-10-4-2-3-5-12(10)16/h2-8,14,18H,9H2,1H3. The van der Waals surface area contributed by atoms with Gasteiger partial charge in [-0.15, -0.1) is 0 Å². The van der Waals surface area contributed by atoms with Gasteiger partial charge in [0.25, 0.3) is 0 Å². The Labute approximate surface area is 126 Å². The Hall–Kier alpha value is -1.03. The second-order valence-electron chi connectivity index (χ2n) is 4.21. The Morgan fingerprint density at radius 3 is 2.63 bits per heavy atom. The van der Waals surface area contributed by atoms with Crippen molar-refractivity contribution >= 4 is 27.5 Å². The third-order valence-electron chi connectivity index (χ3n) is 2.93. The molecule has 1 N–H and O–H groups in total. The predicted molar refractivity (Wildman–Crippen MR) is 80.8 cm³/mol. The highest BCUT2D eigenvalue weighted by Crippen LogP contribution is 2.30. The number of hydrogen-bond acceptors (Lipinski definition) is 2. The van der Waals surface area contributed by atoms with Crippen LogP contribution in [0.3, 0.4) is 0 Å². The second kappa shape index (κ2) is 6.42. The monoisotopic (exact) mass is 340 g/mol. The molecule has 0 heterocycles. The molecule has 0 amide bonds. The van der Waals surface area contributed by atoms with Crippen LogP contribution in [-0.4, -0.2) is 12.2 Å². The first-order valence-corrected chi connectivity index (χ1v) is 7.04. The van der Waals surface area contributed by atoms with Gasteiger partial charge in [0.05, 0.1) is 18.2 Å². The molecule has 4 heteroatoms. The number of halogens is 2. The summed E-state index contributed by atoms with van der Waals surface area (Å²) in [6.07, 6.45) is -0.0634. The molecule has 0 fully saturated rings. The first kappa shape index (κ1) is 14.4. The molecule has 0 radical (unpaired) electrons. The minimum atomic E-state index is -0.595. The molecule has 0 aromatic heterocycles. The van der Waals surface area contributed by atoms with E-state index in [-0.39, 0.29) is 0 Å². The van der Waals surface area contributed by atoms with Crippen molar-refractivity contribution in [3.05, 3.63) is 63.1 Å². The van der Waals surface area contributed by atoms with Gasteiger partial charge in [-0.1, -0.05) is 51.8 Å². The molecule has 0 saturated heterocycles. The molecule has 0 aliphatic carbocycles. The Balaban J connectivity index is 2.18. The van der Waals surface area contributed by atoms with E-state index in [9.17, 15) is 5.11 Å². The molecular formula is C15H14BrClO2. The summed E-state index contributed by atoms with van der Waals surface area (Å²) >= 11 is 9.54. The summed E-state index contributed by atoms with van der Waals surface area (Å²) in [5.74, 6) is 0.610. The zero-order valence-corrected chi connectivity index (χ0v) is 12.8. The smallest absolute Gasteiger partial charge is 0.137 e. The Morgan fingerprint density at radius 1 is 1.26 bits per heavy atom. The zero-order valence-electron chi connectivity index (χ0n) is 10.4. The lowest BCUT2D eigenvalue weighted by atomic mass is 10.0. The van der Waals surface area contributed by atoms with E-state index >= 15 is 0 Å². The van der Waals surface area contributed by atoms with Gasteiger partial charge in [-0.3, -0.25) is 0 Å². The lowest BCUT2D eigenvalue weighted by Crippen LogP contribution is -2.02. The molecular weight excluding hydrogens is 328 g/mol. The summed E-state index contributed by atoms with van der Waals surface area (Å²) in [6, 6.07) is 13.2. The lowest BCUT2D eigenvalue weighted by Gasteiger charge is -2.13. The number of aliphatic hydroxyl groups is 1. The molecule has 0 aliphatic heterocycles. The number of aliphatic hydroxyl groups excluding tert-OH is 1. The number of benzene rings is 2. The van der Waals surface area contributed by atoms with E-state index in [0.717, 1.165) is 15.6 Å². The predicted octanol–water partition coefficient (Wildman–Crippen LogP) is 4.39. The van der Waals surface area contributed by atoms with Crippen LogP contribution in [0.25, 0.3) is 0 Å². The van der Waals surface area contributed by atoms with Gasteiger partial charge in [-0.2, -0.15) is 0 Å². The first-order valence-electron chi connectivity index (χ1n) is 5.86. The molecule has 0 spiro atoms. The molecule has 0 aliphatic rings. The van der Waals surface area contributed by atoms with Gasteiger partial charge in [0.2, 0.25) is 0 Å². The van der Waals surface area contributed by atoms with Crippen LogP contribution in [0.1, 0.15) is 17.2 Å². The van der Waals surface area contributed by atoms with Gasteiger partial charge in [0.15, 0.2) is 0 Å². The van der Waals surface area contributed by atoms with Gasteiger partial charge in [0, 0.05) is 10.9 Å². The molecule has 2 aromatic rings. The van der Waals surface area contributed by atoms with Crippen LogP contribution >= 0.6 is 27.5 Å². The Kier molecular flexibility index (Phi) is 4.86. The van der Waals surface area contributed by atoms with E-state index in [1.165, 1.54) is 0 Å². The molecule has 0 bridgehead atoms. The third kappa shape index (κ3) is 3.50. The highest BCUT2D eigenvalue weighted by molar-refractivity contribution is 9.10. The van der Waals surface area contributed by atoms with Crippen LogP contribution in [0, 0.1) is 0 Å². The Bertz CT molecular complexity index is 572. The summed E-state index contributed by atoms with van der Waals surface area (Å²) in [6.45, 7) is 0. The van der Waals surface area contributed by atoms with Crippen molar-refractivity contribution in [2.24, 2.45) is 0 Å². The van der Waals surface area contributed by atoms with Gasteiger partial charge in [-0.05, 0) is 29.3 Å². The van der Waals surface area contributed by atoms with E-state index in [1.807, 2.05) is 30.3 Å². The van der Waals surface area contributed by atoms with Crippen LogP contribution in [0.2, 0.25) is 5.02 Å². The molecule has 100 valence electrons. The minimum absolute atomic E-state index is 0.506. The molecule has 1 atom stereocenters. The van der Waals surface area contributed by atoms with Gasteiger partial charge in [0.1, 0.15) is 5.75 Å². The van der Waals surface area contributed by atoms with Crippen molar-refractivity contribution in [3.63, 3.8) is 0 Å². The van der Waals surface area contributed by atoms with Crippen LogP contribution in [-0.2, 0) is 6.42 Å². The maximum atomic E-state index is 10.3. The van der Waals surface area contributed by atoms with Crippen LogP contribution in [0.15, 0.2) is 46.9 Å². The van der Waals surface area contributed by atoms with E-state index in [2.05, 4.69) is 15.9 Å². The fraction of sp³-hybridized carbons (Fsp3) is 0.200. The van der Waals surface area contributed by atoms with Crippen molar-refractivity contribution in [1.29, 1.82) is 0 Å². The van der Waals surface area contributed by atoms with Crippen LogP contribution < -0.4 is 4.74 Å². The molecule has 2 rings (SSSR count). The molecule has 19 heavy (non-hydrogen) atoms. The van der Waals surface area contributed by atoms with Crippen molar-refractivity contribution in [2.75, 3.05) is 7.11 Å². The SMILES string of the molecule is COc1ccc(C(O)Cc2ccccc2Br)cc1Cl. The summed E-state index contributed by atoms with van der Waals surface area (Å²) in [7, 11) is 1.57. The van der Waals surface area contributed by atoms with E-state index < -0.39 is 6.10 Å².